The van der Waals surface area contributed by atoms with E-state index in [1.807, 2.05) is 0 Å². The number of hydrogen-bond donors (Lipinski definition) is 1. The van der Waals surface area contributed by atoms with Crippen molar-refractivity contribution >= 4 is 5.82 Å². The summed E-state index contributed by atoms with van der Waals surface area (Å²) in [6.07, 6.45) is 1.04. The highest BCUT2D eigenvalue weighted by Gasteiger charge is 2.39. The third kappa shape index (κ3) is 0.906. The first kappa shape index (κ1) is 7.58. The van der Waals surface area contributed by atoms with Gasteiger partial charge in [-0.15, -0.1) is 0 Å². The summed E-state index contributed by atoms with van der Waals surface area (Å²) in [5, 5.41) is 4.04. The van der Waals surface area contributed by atoms with E-state index in [0.29, 0.717) is 17.5 Å². The number of aromatic nitrogens is 2. The molecule has 2 atom stereocenters. The minimum absolute atomic E-state index is 0.143. The predicted octanol–water partition coefficient (Wildman–Crippen LogP) is 1.26. The number of aryl methyl sites for hydroxylation is 1. The maximum atomic E-state index is 13.3. The van der Waals surface area contributed by atoms with Gasteiger partial charge in [0.1, 0.15) is 5.69 Å². The molecule has 1 aromatic rings. The lowest BCUT2D eigenvalue weighted by molar-refractivity contribution is 0.611. The number of hydrogen-bond acceptors (Lipinski definition) is 2. The molecule has 0 spiro atoms. The summed E-state index contributed by atoms with van der Waals surface area (Å²) in [6, 6.07) is 0. The van der Waals surface area contributed by atoms with Crippen LogP contribution >= 0.6 is 0 Å². The van der Waals surface area contributed by atoms with Crippen LogP contribution < -0.4 is 5.73 Å². The molecule has 1 aliphatic rings. The number of rotatable bonds is 1. The molecule has 0 saturated heterocycles. The van der Waals surface area contributed by atoms with E-state index in [0.717, 1.165) is 6.42 Å². The van der Waals surface area contributed by atoms with Gasteiger partial charge in [-0.1, -0.05) is 6.92 Å². The second-order valence-corrected chi connectivity index (χ2v) is 3.53. The number of nitrogens with two attached hydrogens (primary N) is 1. The normalized spacial score (nSPS) is 27.6. The topological polar surface area (TPSA) is 43.8 Å². The largest absolute Gasteiger partial charge is 0.381 e. The molecule has 1 heterocycles. The summed E-state index contributed by atoms with van der Waals surface area (Å²) in [5.74, 6) is 0.679. The Hall–Kier alpha value is -1.06. The monoisotopic (exact) mass is 169 g/mol. The van der Waals surface area contributed by atoms with Crippen molar-refractivity contribution in [1.82, 2.24) is 9.78 Å². The first-order valence-electron chi connectivity index (χ1n) is 4.09. The maximum Gasteiger partial charge on any atom is 0.188 e. The van der Waals surface area contributed by atoms with Gasteiger partial charge in [-0.05, 0) is 12.3 Å². The Morgan fingerprint density at radius 3 is 2.58 bits per heavy atom. The van der Waals surface area contributed by atoms with Crippen LogP contribution in [-0.4, -0.2) is 9.78 Å². The smallest absolute Gasteiger partial charge is 0.188 e. The fourth-order valence-corrected chi connectivity index (χ4v) is 1.47. The molecule has 0 aromatic carbocycles. The number of nitrogens with zero attached hydrogens (tertiary/aromatic N) is 2. The molecule has 0 aliphatic heterocycles. The van der Waals surface area contributed by atoms with Crippen LogP contribution in [0, 0.1) is 11.7 Å². The Morgan fingerprint density at radius 2 is 2.25 bits per heavy atom. The molecule has 66 valence electrons. The summed E-state index contributed by atoms with van der Waals surface area (Å²) >= 11 is 0. The molecule has 3 nitrogen and oxygen atoms in total. The van der Waals surface area contributed by atoms with E-state index >= 15 is 0 Å². The van der Waals surface area contributed by atoms with Gasteiger partial charge in [-0.3, -0.25) is 4.68 Å². The van der Waals surface area contributed by atoms with E-state index in [9.17, 15) is 4.39 Å². The molecule has 2 unspecified atom stereocenters. The quantitative estimate of drug-likeness (QED) is 0.687. The zero-order valence-electron chi connectivity index (χ0n) is 7.21. The predicted molar refractivity (Wildman–Crippen MR) is 44.1 cm³/mol. The molecule has 1 saturated carbocycles. The van der Waals surface area contributed by atoms with Crippen LogP contribution in [0.25, 0.3) is 0 Å². The molecule has 1 fully saturated rings. The molecule has 1 aromatic heterocycles. The second kappa shape index (κ2) is 2.21. The SMILES string of the molecule is CC1CC1c1nn(C)c(N)c1F. The Morgan fingerprint density at radius 1 is 1.67 bits per heavy atom. The molecule has 0 bridgehead atoms. The highest BCUT2D eigenvalue weighted by atomic mass is 19.1. The van der Waals surface area contributed by atoms with Crippen molar-refractivity contribution in [3.05, 3.63) is 11.5 Å². The highest BCUT2D eigenvalue weighted by molar-refractivity contribution is 5.36. The summed E-state index contributed by atoms with van der Waals surface area (Å²) < 4.78 is 14.7. The third-order valence-corrected chi connectivity index (χ3v) is 2.52. The standard InChI is InChI=1S/C8H12FN3/c1-4-3-5(4)7-6(9)8(10)12(2)11-7/h4-5H,3,10H2,1-2H3. The van der Waals surface area contributed by atoms with Crippen molar-refractivity contribution in [2.75, 3.05) is 5.73 Å². The van der Waals surface area contributed by atoms with Gasteiger partial charge in [0, 0.05) is 13.0 Å². The summed E-state index contributed by atoms with van der Waals surface area (Å²) in [4.78, 5) is 0. The van der Waals surface area contributed by atoms with Gasteiger partial charge in [-0.25, -0.2) is 4.39 Å². The van der Waals surface area contributed by atoms with Gasteiger partial charge >= 0.3 is 0 Å². The van der Waals surface area contributed by atoms with Crippen LogP contribution in [0.3, 0.4) is 0 Å². The molecule has 1 aliphatic carbocycles. The van der Waals surface area contributed by atoms with E-state index in [-0.39, 0.29) is 11.6 Å². The second-order valence-electron chi connectivity index (χ2n) is 3.53. The van der Waals surface area contributed by atoms with Crippen LogP contribution in [-0.2, 0) is 7.05 Å². The Bertz CT molecular complexity index is 318. The van der Waals surface area contributed by atoms with Crippen molar-refractivity contribution in [2.45, 2.75) is 19.3 Å². The van der Waals surface area contributed by atoms with Crippen molar-refractivity contribution in [3.8, 4) is 0 Å². The average molecular weight is 169 g/mol. The zero-order valence-corrected chi connectivity index (χ0v) is 7.21. The van der Waals surface area contributed by atoms with Crippen LogP contribution in [0.15, 0.2) is 0 Å². The summed E-state index contributed by atoms with van der Waals surface area (Å²) in [7, 11) is 1.66. The Balaban J connectivity index is 2.38. The lowest BCUT2D eigenvalue weighted by Crippen LogP contribution is -1.97. The van der Waals surface area contributed by atoms with E-state index in [1.165, 1.54) is 4.68 Å². The summed E-state index contributed by atoms with van der Waals surface area (Å²) in [5.41, 5.74) is 5.98. The fraction of sp³-hybridized carbons (Fsp3) is 0.625. The molecule has 2 rings (SSSR count). The first-order chi connectivity index (χ1) is 5.61. The van der Waals surface area contributed by atoms with Gasteiger partial charge < -0.3 is 5.73 Å². The summed E-state index contributed by atoms with van der Waals surface area (Å²) in [6.45, 7) is 2.09. The van der Waals surface area contributed by atoms with Crippen LogP contribution in [0.2, 0.25) is 0 Å². The van der Waals surface area contributed by atoms with Crippen molar-refractivity contribution in [3.63, 3.8) is 0 Å². The molecule has 0 amide bonds. The first-order valence-corrected chi connectivity index (χ1v) is 4.09. The molecule has 12 heavy (non-hydrogen) atoms. The zero-order chi connectivity index (χ0) is 8.88. The third-order valence-electron chi connectivity index (χ3n) is 2.52. The number of halogens is 1. The van der Waals surface area contributed by atoms with Crippen molar-refractivity contribution in [1.29, 1.82) is 0 Å². The molecular formula is C8H12FN3. The number of anilines is 1. The molecule has 0 radical (unpaired) electrons. The maximum absolute atomic E-state index is 13.3. The average Bonchev–Trinajstić information content (AvgIpc) is 2.69. The highest BCUT2D eigenvalue weighted by Crippen LogP contribution is 2.47. The van der Waals surface area contributed by atoms with Crippen LogP contribution in [0.5, 0.6) is 0 Å². The van der Waals surface area contributed by atoms with Gasteiger partial charge in [0.05, 0.1) is 0 Å². The van der Waals surface area contributed by atoms with Crippen molar-refractivity contribution < 1.29 is 4.39 Å². The van der Waals surface area contributed by atoms with Gasteiger partial charge in [0.2, 0.25) is 0 Å². The van der Waals surface area contributed by atoms with Gasteiger partial charge in [-0.2, -0.15) is 5.10 Å². The molecule has 4 heteroatoms. The lowest BCUT2D eigenvalue weighted by Gasteiger charge is -1.89. The van der Waals surface area contributed by atoms with Gasteiger partial charge in [0.25, 0.3) is 0 Å². The molecule has 2 N–H and O–H groups in total. The Labute approximate surface area is 70.4 Å². The van der Waals surface area contributed by atoms with E-state index < -0.39 is 0 Å². The fourth-order valence-electron chi connectivity index (χ4n) is 1.47. The van der Waals surface area contributed by atoms with Crippen LogP contribution in [0.4, 0.5) is 10.2 Å². The van der Waals surface area contributed by atoms with E-state index in [2.05, 4.69) is 12.0 Å². The lowest BCUT2D eigenvalue weighted by atomic mass is 10.2. The minimum Gasteiger partial charge on any atom is -0.381 e. The van der Waals surface area contributed by atoms with Crippen molar-refractivity contribution in [2.24, 2.45) is 13.0 Å². The molecular weight excluding hydrogens is 157 g/mol. The van der Waals surface area contributed by atoms with E-state index in [4.69, 9.17) is 5.73 Å². The minimum atomic E-state index is -0.327. The van der Waals surface area contributed by atoms with Gasteiger partial charge in [0.15, 0.2) is 11.6 Å². The van der Waals surface area contributed by atoms with Crippen LogP contribution in [0.1, 0.15) is 25.0 Å². The van der Waals surface area contributed by atoms with E-state index in [1.54, 1.807) is 7.05 Å². The Kier molecular flexibility index (Phi) is 1.40. The number of nitrogen functional groups attached to an aromatic ring is 1.